The number of anilines is 2. The van der Waals surface area contributed by atoms with Gasteiger partial charge < -0.3 is 5.73 Å². The fourth-order valence-corrected chi connectivity index (χ4v) is 4.54. The summed E-state index contributed by atoms with van der Waals surface area (Å²) in [6, 6.07) is 21.3. The Morgan fingerprint density at radius 1 is 0.939 bits per heavy atom. The molecule has 0 saturated heterocycles. The topological polar surface area (TPSA) is 126 Å². The Hall–Kier alpha value is -3.89. The zero-order valence-corrected chi connectivity index (χ0v) is 19.0. The number of nitrogens with zero attached hydrogens (tertiary/aromatic N) is 4. The SMILES string of the molecule is CN(c1ccc(Cl)cc1)S(=O)(=O)c1ccccc1N=Nc1c(N)[nH]n(-c2ccccc2)c1=O. The van der Waals surface area contributed by atoms with E-state index in [-0.39, 0.29) is 22.1 Å². The van der Waals surface area contributed by atoms with E-state index in [2.05, 4.69) is 15.3 Å². The maximum absolute atomic E-state index is 13.3. The van der Waals surface area contributed by atoms with E-state index in [0.717, 1.165) is 4.31 Å². The Morgan fingerprint density at radius 2 is 1.58 bits per heavy atom. The predicted octanol–water partition coefficient (Wildman–Crippen LogP) is 4.64. The minimum absolute atomic E-state index is 0.00576. The smallest absolute Gasteiger partial charge is 0.301 e. The van der Waals surface area contributed by atoms with E-state index in [9.17, 15) is 13.2 Å². The van der Waals surface area contributed by atoms with Crippen LogP contribution in [0.25, 0.3) is 5.69 Å². The molecule has 0 unspecified atom stereocenters. The van der Waals surface area contributed by atoms with Crippen LogP contribution in [0.5, 0.6) is 0 Å². The molecule has 1 aromatic heterocycles. The number of rotatable bonds is 6. The van der Waals surface area contributed by atoms with E-state index in [4.69, 9.17) is 17.3 Å². The predicted molar refractivity (Wildman–Crippen MR) is 128 cm³/mol. The molecule has 0 amide bonds. The fourth-order valence-electron chi connectivity index (χ4n) is 3.10. The zero-order valence-electron chi connectivity index (χ0n) is 17.4. The van der Waals surface area contributed by atoms with Gasteiger partial charge in [-0.1, -0.05) is 41.9 Å². The van der Waals surface area contributed by atoms with Crippen LogP contribution in [0.15, 0.2) is 98.8 Å². The third kappa shape index (κ3) is 4.38. The summed E-state index contributed by atoms with van der Waals surface area (Å²) in [6.45, 7) is 0. The van der Waals surface area contributed by atoms with Gasteiger partial charge in [-0.05, 0) is 48.5 Å². The molecule has 0 spiro atoms. The second-order valence-electron chi connectivity index (χ2n) is 6.97. The monoisotopic (exact) mass is 482 g/mol. The molecule has 3 aromatic carbocycles. The lowest BCUT2D eigenvalue weighted by Gasteiger charge is -2.20. The first kappa shape index (κ1) is 22.3. The van der Waals surface area contributed by atoms with Crippen LogP contribution in [0, 0.1) is 0 Å². The molecule has 33 heavy (non-hydrogen) atoms. The van der Waals surface area contributed by atoms with Gasteiger partial charge in [-0.3, -0.25) is 14.2 Å². The van der Waals surface area contributed by atoms with Gasteiger partial charge in [-0.25, -0.2) is 13.1 Å². The van der Waals surface area contributed by atoms with Crippen LogP contribution in [-0.2, 0) is 10.0 Å². The Labute approximate surface area is 194 Å². The molecular formula is C22H19ClN6O3S. The molecular weight excluding hydrogens is 464 g/mol. The van der Waals surface area contributed by atoms with Crippen molar-refractivity contribution in [1.29, 1.82) is 0 Å². The molecule has 4 aromatic rings. The highest BCUT2D eigenvalue weighted by atomic mass is 35.5. The second kappa shape index (κ2) is 8.93. The third-order valence-corrected chi connectivity index (χ3v) is 6.94. The number of nitrogens with one attached hydrogen (secondary N) is 1. The standard InChI is InChI=1S/C22H19ClN6O3S/c1-28(16-13-11-15(23)12-14-16)33(31,32)19-10-6-5-9-18(19)25-26-20-21(24)27-29(22(20)30)17-7-3-2-4-8-17/h2-14,27H,24H2,1H3. The first-order valence-corrected chi connectivity index (χ1v) is 11.5. The maximum Gasteiger partial charge on any atom is 0.301 e. The van der Waals surface area contributed by atoms with Crippen LogP contribution >= 0.6 is 11.6 Å². The number of H-pyrrole nitrogens is 1. The van der Waals surface area contributed by atoms with Crippen LogP contribution in [0.3, 0.4) is 0 Å². The molecule has 0 aliphatic rings. The number of sulfonamides is 1. The summed E-state index contributed by atoms with van der Waals surface area (Å²) in [4.78, 5) is 12.7. The van der Waals surface area contributed by atoms with Crippen molar-refractivity contribution in [3.05, 3.63) is 94.2 Å². The Balaban J connectivity index is 1.71. The molecule has 0 saturated carbocycles. The number of para-hydroxylation sites is 1. The zero-order chi connectivity index (χ0) is 23.6. The van der Waals surface area contributed by atoms with Gasteiger partial charge in [0.2, 0.25) is 0 Å². The van der Waals surface area contributed by atoms with E-state index in [1.807, 2.05) is 6.07 Å². The van der Waals surface area contributed by atoms with Crippen molar-refractivity contribution in [2.24, 2.45) is 10.2 Å². The summed E-state index contributed by atoms with van der Waals surface area (Å²) in [6.07, 6.45) is 0. The van der Waals surface area contributed by atoms with Gasteiger partial charge in [-0.15, -0.1) is 10.2 Å². The molecule has 4 rings (SSSR count). The summed E-state index contributed by atoms with van der Waals surface area (Å²) >= 11 is 5.90. The molecule has 1 heterocycles. The average molecular weight is 483 g/mol. The molecule has 168 valence electrons. The minimum atomic E-state index is -3.98. The van der Waals surface area contributed by atoms with Gasteiger partial charge in [0, 0.05) is 12.1 Å². The van der Waals surface area contributed by atoms with E-state index in [1.165, 1.54) is 23.9 Å². The van der Waals surface area contributed by atoms with Crippen LogP contribution in [0.4, 0.5) is 22.9 Å². The van der Waals surface area contributed by atoms with Crippen molar-refractivity contribution in [2.45, 2.75) is 4.90 Å². The summed E-state index contributed by atoms with van der Waals surface area (Å²) in [5.74, 6) is 0.00576. The number of azo groups is 1. The van der Waals surface area contributed by atoms with Crippen LogP contribution in [-0.4, -0.2) is 25.2 Å². The Bertz CT molecular complexity index is 1480. The molecule has 0 fully saturated rings. The number of hydrogen-bond acceptors (Lipinski definition) is 6. The first-order chi connectivity index (χ1) is 15.8. The van der Waals surface area contributed by atoms with Crippen LogP contribution in [0.1, 0.15) is 0 Å². The van der Waals surface area contributed by atoms with E-state index in [1.54, 1.807) is 60.7 Å². The fraction of sp³-hybridized carbons (Fsp3) is 0.0455. The maximum atomic E-state index is 13.3. The van der Waals surface area contributed by atoms with Gasteiger partial charge >= 0.3 is 5.56 Å². The molecule has 0 aliphatic carbocycles. The van der Waals surface area contributed by atoms with Crippen molar-refractivity contribution in [3.8, 4) is 5.69 Å². The van der Waals surface area contributed by atoms with E-state index < -0.39 is 15.6 Å². The second-order valence-corrected chi connectivity index (χ2v) is 9.34. The van der Waals surface area contributed by atoms with Gasteiger partial charge in [0.25, 0.3) is 10.0 Å². The van der Waals surface area contributed by atoms with Crippen molar-refractivity contribution in [3.63, 3.8) is 0 Å². The third-order valence-electron chi connectivity index (χ3n) is 4.86. The normalized spacial score (nSPS) is 11.7. The largest absolute Gasteiger partial charge is 0.382 e. The summed E-state index contributed by atoms with van der Waals surface area (Å²) in [5.41, 5.74) is 6.35. The van der Waals surface area contributed by atoms with Crippen molar-refractivity contribution in [2.75, 3.05) is 17.1 Å². The molecule has 0 radical (unpaired) electrons. The Kier molecular flexibility index (Phi) is 6.03. The molecule has 0 atom stereocenters. The van der Waals surface area contributed by atoms with Gasteiger partial charge in [0.1, 0.15) is 16.4 Å². The summed E-state index contributed by atoms with van der Waals surface area (Å²) in [7, 11) is -2.56. The van der Waals surface area contributed by atoms with E-state index in [0.29, 0.717) is 16.4 Å². The highest BCUT2D eigenvalue weighted by Gasteiger charge is 2.24. The number of nitrogen functional groups attached to an aromatic ring is 1. The van der Waals surface area contributed by atoms with Crippen LogP contribution < -0.4 is 15.6 Å². The van der Waals surface area contributed by atoms with Gasteiger partial charge in [-0.2, -0.15) is 0 Å². The number of benzene rings is 3. The average Bonchev–Trinajstić information content (AvgIpc) is 3.11. The molecule has 0 aliphatic heterocycles. The summed E-state index contributed by atoms with van der Waals surface area (Å²) in [5, 5.41) is 11.3. The lowest BCUT2D eigenvalue weighted by molar-refractivity contribution is 0.594. The number of hydrogen-bond donors (Lipinski definition) is 2. The Morgan fingerprint density at radius 3 is 2.27 bits per heavy atom. The lowest BCUT2D eigenvalue weighted by atomic mass is 10.3. The molecule has 11 heteroatoms. The van der Waals surface area contributed by atoms with Gasteiger partial charge in [0.15, 0.2) is 5.69 Å². The minimum Gasteiger partial charge on any atom is -0.382 e. The van der Waals surface area contributed by atoms with Gasteiger partial charge in [0.05, 0.1) is 11.4 Å². The number of aromatic nitrogens is 2. The lowest BCUT2D eigenvalue weighted by Crippen LogP contribution is -2.26. The van der Waals surface area contributed by atoms with Crippen molar-refractivity contribution >= 4 is 44.5 Å². The molecule has 0 bridgehead atoms. The molecule has 9 nitrogen and oxygen atoms in total. The highest BCUT2D eigenvalue weighted by Crippen LogP contribution is 2.31. The van der Waals surface area contributed by atoms with Crippen molar-refractivity contribution in [1.82, 2.24) is 9.78 Å². The number of aromatic amines is 1. The number of nitrogens with two attached hydrogens (primary N) is 1. The molecule has 3 N–H and O–H groups in total. The first-order valence-electron chi connectivity index (χ1n) is 9.70. The van der Waals surface area contributed by atoms with Crippen molar-refractivity contribution < 1.29 is 8.42 Å². The highest BCUT2D eigenvalue weighted by molar-refractivity contribution is 7.93. The number of halogens is 1. The van der Waals surface area contributed by atoms with E-state index >= 15 is 0 Å². The quantitative estimate of drug-likeness (QED) is 0.388. The summed E-state index contributed by atoms with van der Waals surface area (Å²) < 4.78 is 28.9. The van der Waals surface area contributed by atoms with Crippen LogP contribution in [0.2, 0.25) is 5.02 Å².